The van der Waals surface area contributed by atoms with Gasteiger partial charge in [-0.2, -0.15) is 12.8 Å². The maximum absolute atomic E-state index is 13.5. The number of ketones is 2. The minimum absolute atomic E-state index is 0. The number of rotatable bonds is 19. The summed E-state index contributed by atoms with van der Waals surface area (Å²) >= 11 is 1.92. The summed E-state index contributed by atoms with van der Waals surface area (Å²) in [6.45, 7) is 46.4. The number of esters is 2. The molecule has 0 spiro atoms. The summed E-state index contributed by atoms with van der Waals surface area (Å²) in [5.74, 6) is 0.711. The fraction of sp³-hybridized carbons (Fsp3) is 0.614. The molecule has 2 aliphatic rings. The molecule has 8 nitrogen and oxygen atoms in total. The standard InChI is InChI=1S/C32H49NO3S.C30H45NO3S.C5H9.C2H4.CH3.2ClH.Ru/c1-12-15-22(5)25(8)26(9)31(35)32(10,11)24(7)19-30(34)36-28(17-16-21(4)13-2)23(6)18-27-20-37-29(14-3)33-27;1-10-27-31-25(18-35-27)16-21(4)26-15-14-19(2)12-11-13-20(3)23(6)24(7)29(33)30(8,9)22(5)17-28(32)34-26;1-2-4-5-3-1;1-2;;;;/h12-13,16,18,20,22,24-26,28H,1-2,14-15,17,19H2,3-11H3;11-12,14,16,18,20,22-24,26H,10,13,15,17H2,1-9H3;1H,2-5H2;1H,2H3;1H3;2*1H;/q;;-1;;-1;;;+2/p-2/b21-16-,23-18+;12-11+,19-14-,21-16+;;;;;;/t22-,24-,25-,26+,28-;20-,22-,23-,24+,26-;;;;;;/m00....../s1. The van der Waals surface area contributed by atoms with Crippen LogP contribution in [0.25, 0.3) is 12.2 Å². The fourth-order valence-corrected chi connectivity index (χ4v) is 11.0. The molecular weight excluding hydrogens is 1200 g/mol. The predicted molar refractivity (Wildman–Crippen MR) is 358 cm³/mol. The minimum atomic E-state index is -1.36. The van der Waals surface area contributed by atoms with Crippen molar-refractivity contribution in [3.63, 3.8) is 0 Å². The number of carbonyl (C=O) groups is 4. The number of nitrogens with zero attached hydrogens (tertiary/aromatic N) is 2. The Morgan fingerprint density at radius 2 is 1.48 bits per heavy atom. The fourth-order valence-electron chi connectivity index (χ4n) is 9.58. The van der Waals surface area contributed by atoms with Crippen LogP contribution in [-0.2, 0) is 55.0 Å². The number of ether oxygens (including phenoxy) is 2. The Hall–Kier alpha value is -3.21. The minimum Gasteiger partial charge on any atom is -0.358 e. The Morgan fingerprint density at radius 3 is 1.96 bits per heavy atom. The van der Waals surface area contributed by atoms with Crippen LogP contribution in [0.3, 0.4) is 0 Å². The van der Waals surface area contributed by atoms with Gasteiger partial charge in [0.2, 0.25) is 0 Å². The van der Waals surface area contributed by atoms with Crippen molar-refractivity contribution in [2.24, 2.45) is 58.2 Å². The molecule has 0 radical (unpaired) electrons. The van der Waals surface area contributed by atoms with Crippen LogP contribution >= 0.6 is 42.1 Å². The zero-order chi connectivity index (χ0) is 62.5. The van der Waals surface area contributed by atoms with Gasteiger partial charge >= 0.3 is 56.4 Å². The Bertz CT molecular complexity index is 2500. The van der Waals surface area contributed by atoms with E-state index in [4.69, 9.17) is 28.9 Å². The summed E-state index contributed by atoms with van der Waals surface area (Å²) < 4.78 is 13.9. The molecule has 2 aromatic heterocycles. The molecule has 1 aliphatic carbocycles. The number of aryl methyl sites for hydroxylation is 2. The van der Waals surface area contributed by atoms with Crippen molar-refractivity contribution >= 4 is 82.3 Å². The summed E-state index contributed by atoms with van der Waals surface area (Å²) in [6, 6.07) is 0. The number of cyclic esters (lactones) is 1. The third-order valence-electron chi connectivity index (χ3n) is 17.2. The van der Waals surface area contributed by atoms with Gasteiger partial charge in [-0.05, 0) is 112 Å². The van der Waals surface area contributed by atoms with Crippen LogP contribution in [0.15, 0.2) is 82.7 Å². The van der Waals surface area contributed by atoms with E-state index in [0.717, 1.165) is 69.4 Å². The van der Waals surface area contributed by atoms with E-state index in [0.29, 0.717) is 24.7 Å². The first-order valence-electron chi connectivity index (χ1n) is 30.0. The molecule has 4 rings (SSSR count). The van der Waals surface area contributed by atoms with Gasteiger partial charge in [0.15, 0.2) is 0 Å². The summed E-state index contributed by atoms with van der Waals surface area (Å²) in [4.78, 5) is 62.4. The quantitative estimate of drug-likeness (QED) is 0.0449. The second-order valence-corrected chi connectivity index (χ2v) is 32.2. The van der Waals surface area contributed by atoms with E-state index in [-0.39, 0.29) is 85.4 Å². The predicted octanol–water partition coefficient (Wildman–Crippen LogP) is 20.4. The molecule has 1 aliphatic heterocycles. The molecule has 0 amide bonds. The smallest absolute Gasteiger partial charge is 0.0829 e. The van der Waals surface area contributed by atoms with Gasteiger partial charge in [-0.1, -0.05) is 164 Å². The number of thiazole rings is 2. The molecule has 10 atom stereocenters. The second-order valence-electron chi connectivity index (χ2n) is 24.1. The number of hydrogen-bond acceptors (Lipinski definition) is 10. The van der Waals surface area contributed by atoms with E-state index in [2.05, 4.69) is 96.2 Å². The van der Waals surface area contributed by atoms with Crippen LogP contribution < -0.4 is 0 Å². The zero-order valence-electron chi connectivity index (χ0n) is 54.9. The monoisotopic (exact) mass is 1310 g/mol. The number of hydrogen-bond donors (Lipinski definition) is 0. The molecular formula is C70H110Cl2N2O6RuS2-2. The maximum Gasteiger partial charge on any atom is -0.0829 e. The van der Waals surface area contributed by atoms with E-state index < -0.39 is 30.5 Å². The molecule has 1 fully saturated rings. The van der Waals surface area contributed by atoms with Gasteiger partial charge in [0.1, 0.15) is 23.8 Å². The van der Waals surface area contributed by atoms with E-state index in [1.165, 1.54) is 25.7 Å². The normalized spacial score (nSPS) is 23.1. The van der Waals surface area contributed by atoms with Crippen molar-refractivity contribution in [3.8, 4) is 0 Å². The Kier molecular flexibility index (Phi) is 39.5. The third kappa shape index (κ3) is 28.9. The number of carbonyl (C=O) groups excluding carboxylic acids is 4. The van der Waals surface area contributed by atoms with Crippen LogP contribution in [0.4, 0.5) is 0 Å². The third-order valence-corrected chi connectivity index (χ3v) is 21.8. The van der Waals surface area contributed by atoms with Crippen molar-refractivity contribution in [2.45, 2.75) is 221 Å². The van der Waals surface area contributed by atoms with Crippen molar-refractivity contribution < 1.29 is 42.2 Å². The van der Waals surface area contributed by atoms with E-state index >= 15 is 0 Å². The Labute approximate surface area is 527 Å². The molecule has 0 saturated heterocycles. The number of Topliss-reactive ketones (excluding diaryl/α,β-unsaturated/α-hetero) is 2. The van der Waals surface area contributed by atoms with Crippen molar-refractivity contribution in [2.75, 3.05) is 0 Å². The van der Waals surface area contributed by atoms with Crippen molar-refractivity contribution in [1.29, 1.82) is 0 Å². The topological polar surface area (TPSA) is 113 Å². The number of halogens is 2. The number of aromatic nitrogens is 2. The molecule has 1 saturated carbocycles. The molecule has 13 heteroatoms. The van der Waals surface area contributed by atoms with Gasteiger partial charge in [-0.3, -0.25) is 19.2 Å². The van der Waals surface area contributed by atoms with Crippen molar-refractivity contribution in [1.82, 2.24) is 9.97 Å². The zero-order valence-corrected chi connectivity index (χ0v) is 59.8. The maximum atomic E-state index is 13.5. The summed E-state index contributed by atoms with van der Waals surface area (Å²) in [6.07, 6.45) is 28.7. The average Bonchev–Trinajstić information content (AvgIpc) is 4.44. The van der Waals surface area contributed by atoms with Crippen LogP contribution in [0.2, 0.25) is 0 Å². The van der Waals surface area contributed by atoms with Gasteiger partial charge in [-0.15, -0.1) is 29.3 Å². The Morgan fingerprint density at radius 1 is 0.928 bits per heavy atom. The van der Waals surface area contributed by atoms with Crippen LogP contribution in [0.1, 0.15) is 217 Å². The summed E-state index contributed by atoms with van der Waals surface area (Å²) in [5.41, 5.74) is 4.64. The molecule has 2 aromatic rings. The first-order valence-corrected chi connectivity index (χ1v) is 37.2. The molecule has 472 valence electrons. The SMILES string of the molecule is C=CC[C@H](C)[C@H](C)[C@@H](C)C(=O)C(C)(C)[C@@H](C)CC(=O)O[C@@H](C/C=C(/C)C=C)/C(C)=C/c1csc(CC)n1.CCc1nc(/C=C(\C)[C@@H]2C/C=C(C)\C=C\C[C@H](C)[C@H](C)[C@@H](C)C(=O)C(C)(C)[C@@H](C)CC(=O)O2)cs1.C[CH]=[Ru]([Cl])[Cl].[CH-]1CCCC1.[CH3-]. The molecule has 0 aromatic carbocycles. The molecule has 0 bridgehead atoms. The number of allylic oxidation sites excluding steroid dienone is 6. The van der Waals surface area contributed by atoms with Crippen molar-refractivity contribution in [3.05, 3.63) is 118 Å². The van der Waals surface area contributed by atoms with Crippen LogP contribution in [0, 0.1) is 72.0 Å². The van der Waals surface area contributed by atoms with Gasteiger partial charge in [-0.25, -0.2) is 9.97 Å². The van der Waals surface area contributed by atoms with Crippen LogP contribution in [0.5, 0.6) is 0 Å². The average molecular weight is 1310 g/mol. The van der Waals surface area contributed by atoms with Crippen LogP contribution in [-0.4, -0.2) is 50.3 Å². The van der Waals surface area contributed by atoms with E-state index in [1.54, 1.807) is 28.7 Å². The molecule has 83 heavy (non-hydrogen) atoms. The van der Waals surface area contributed by atoms with Gasteiger partial charge in [0.25, 0.3) is 0 Å². The summed E-state index contributed by atoms with van der Waals surface area (Å²) in [5, 5.41) is 6.25. The van der Waals surface area contributed by atoms with Gasteiger partial charge in [0.05, 0.1) is 21.4 Å². The van der Waals surface area contributed by atoms with Gasteiger partial charge < -0.3 is 23.3 Å². The first-order chi connectivity index (χ1) is 38.4. The summed E-state index contributed by atoms with van der Waals surface area (Å²) in [7, 11) is 10.6. The second kappa shape index (κ2) is 41.0. The largest absolute Gasteiger partial charge is 0.358 e. The Balaban J connectivity index is 0.00000137. The first kappa shape index (κ1) is 79.8. The molecule has 3 heterocycles. The van der Waals surface area contributed by atoms with E-state index in [9.17, 15) is 19.2 Å². The molecule has 0 unspecified atom stereocenters. The van der Waals surface area contributed by atoms with Gasteiger partial charge in [0, 0.05) is 59.1 Å². The van der Waals surface area contributed by atoms with E-state index in [1.807, 2.05) is 123 Å². The molecule has 0 N–H and O–H groups in total.